The highest BCUT2D eigenvalue weighted by atomic mass is 16.2. The van der Waals surface area contributed by atoms with Crippen LogP contribution in [-0.2, 0) is 0 Å². The summed E-state index contributed by atoms with van der Waals surface area (Å²) < 4.78 is 0. The van der Waals surface area contributed by atoms with E-state index in [0.29, 0.717) is 11.5 Å². The maximum absolute atomic E-state index is 13.3. The fourth-order valence-electron chi connectivity index (χ4n) is 4.14. The summed E-state index contributed by atoms with van der Waals surface area (Å²) in [6.07, 6.45) is 8.84. The maximum atomic E-state index is 13.3. The molecular weight excluding hydrogens is 364 g/mol. The summed E-state index contributed by atoms with van der Waals surface area (Å²) in [6, 6.07) is 9.77. The van der Waals surface area contributed by atoms with Crippen LogP contribution in [0.5, 0.6) is 0 Å². The highest BCUT2D eigenvalue weighted by Crippen LogP contribution is 2.39. The van der Waals surface area contributed by atoms with Crippen LogP contribution in [0.1, 0.15) is 18.4 Å². The SMILES string of the molecule is Cc1cncc(-c2ccc3c(n2)N(C(=O)Nc2cccnc2)C2CCN3CC2)c1. The Morgan fingerprint density at radius 1 is 1.10 bits per heavy atom. The van der Waals surface area contributed by atoms with Gasteiger partial charge in [-0.15, -0.1) is 0 Å². The lowest BCUT2D eigenvalue weighted by Crippen LogP contribution is -2.46. The van der Waals surface area contributed by atoms with Gasteiger partial charge in [0.15, 0.2) is 5.82 Å². The molecule has 7 heteroatoms. The van der Waals surface area contributed by atoms with Crippen molar-refractivity contribution in [2.75, 3.05) is 28.2 Å². The average Bonchev–Trinajstić information content (AvgIpc) is 3.00. The molecule has 0 radical (unpaired) electrons. The van der Waals surface area contributed by atoms with Gasteiger partial charge in [-0.3, -0.25) is 14.9 Å². The van der Waals surface area contributed by atoms with E-state index in [2.05, 4.69) is 32.3 Å². The molecule has 0 atom stereocenters. The number of hydrogen-bond donors (Lipinski definition) is 1. The lowest BCUT2D eigenvalue weighted by Gasteiger charge is -2.31. The van der Waals surface area contributed by atoms with Crippen molar-refractivity contribution in [3.05, 3.63) is 60.7 Å². The Kier molecular flexibility index (Phi) is 4.35. The summed E-state index contributed by atoms with van der Waals surface area (Å²) in [7, 11) is 0. The molecule has 0 saturated carbocycles. The first-order chi connectivity index (χ1) is 14.2. The molecule has 0 aliphatic carbocycles. The summed E-state index contributed by atoms with van der Waals surface area (Å²) in [5.74, 6) is 0.713. The second-order valence-corrected chi connectivity index (χ2v) is 7.55. The zero-order valence-electron chi connectivity index (χ0n) is 16.2. The van der Waals surface area contributed by atoms with Gasteiger partial charge in [0, 0.05) is 43.3 Å². The Morgan fingerprint density at radius 2 is 1.97 bits per heavy atom. The van der Waals surface area contributed by atoms with Crippen molar-refractivity contribution in [1.29, 1.82) is 0 Å². The number of urea groups is 1. The fraction of sp³-hybridized carbons (Fsp3) is 0.273. The van der Waals surface area contributed by atoms with Crippen molar-refractivity contribution in [1.82, 2.24) is 15.0 Å². The number of aryl methyl sites for hydroxylation is 1. The van der Waals surface area contributed by atoms with Gasteiger partial charge >= 0.3 is 6.03 Å². The minimum Gasteiger partial charge on any atom is -0.368 e. The van der Waals surface area contributed by atoms with Gasteiger partial charge in [-0.25, -0.2) is 9.78 Å². The summed E-state index contributed by atoms with van der Waals surface area (Å²) >= 11 is 0. The van der Waals surface area contributed by atoms with Crippen LogP contribution in [0.25, 0.3) is 11.3 Å². The molecule has 3 aromatic rings. The Balaban J connectivity index is 1.57. The van der Waals surface area contributed by atoms with Gasteiger partial charge in [-0.1, -0.05) is 0 Å². The molecule has 0 aromatic carbocycles. The molecule has 6 heterocycles. The predicted molar refractivity (Wildman–Crippen MR) is 113 cm³/mol. The number of fused-ring (bicyclic) bond motifs is 2. The lowest BCUT2D eigenvalue weighted by molar-refractivity contribution is 0.253. The van der Waals surface area contributed by atoms with Crippen LogP contribution in [0, 0.1) is 6.92 Å². The molecule has 3 aliphatic rings. The number of nitrogens with zero attached hydrogens (tertiary/aromatic N) is 5. The van der Waals surface area contributed by atoms with E-state index >= 15 is 0 Å². The highest BCUT2D eigenvalue weighted by Gasteiger charge is 2.37. The van der Waals surface area contributed by atoms with E-state index in [0.717, 1.165) is 48.4 Å². The fourth-order valence-corrected chi connectivity index (χ4v) is 4.14. The minimum atomic E-state index is -0.167. The monoisotopic (exact) mass is 386 g/mol. The third-order valence-corrected chi connectivity index (χ3v) is 5.56. The average molecular weight is 386 g/mol. The van der Waals surface area contributed by atoms with E-state index in [4.69, 9.17) is 4.98 Å². The van der Waals surface area contributed by atoms with Gasteiger partial charge in [-0.05, 0) is 55.7 Å². The molecule has 0 unspecified atom stereocenters. The van der Waals surface area contributed by atoms with Gasteiger partial charge in [0.05, 0.1) is 23.3 Å². The van der Waals surface area contributed by atoms with Crippen LogP contribution in [-0.4, -0.2) is 40.1 Å². The number of rotatable bonds is 2. The van der Waals surface area contributed by atoms with Crippen molar-refractivity contribution in [2.24, 2.45) is 0 Å². The van der Waals surface area contributed by atoms with Gasteiger partial charge < -0.3 is 10.2 Å². The van der Waals surface area contributed by atoms with E-state index in [1.54, 1.807) is 12.4 Å². The number of nitrogens with one attached hydrogen (secondary N) is 1. The van der Waals surface area contributed by atoms with Gasteiger partial charge in [-0.2, -0.15) is 0 Å². The molecule has 2 amide bonds. The molecule has 3 aliphatic heterocycles. The summed E-state index contributed by atoms with van der Waals surface area (Å²) in [5.41, 5.74) is 4.54. The number of piperidine rings is 1. The Labute approximate surface area is 169 Å². The summed E-state index contributed by atoms with van der Waals surface area (Å²) in [4.78, 5) is 30.8. The van der Waals surface area contributed by atoms with Gasteiger partial charge in [0.25, 0.3) is 0 Å². The number of carbonyl (C=O) groups is 1. The summed E-state index contributed by atoms with van der Waals surface area (Å²) in [6.45, 7) is 3.88. The third-order valence-electron chi connectivity index (χ3n) is 5.56. The van der Waals surface area contributed by atoms with Crippen molar-refractivity contribution in [3.8, 4) is 11.3 Å². The Bertz CT molecular complexity index is 1050. The van der Waals surface area contributed by atoms with Crippen molar-refractivity contribution < 1.29 is 4.79 Å². The first-order valence-corrected chi connectivity index (χ1v) is 9.87. The van der Waals surface area contributed by atoms with E-state index in [1.807, 2.05) is 42.4 Å². The van der Waals surface area contributed by atoms with E-state index < -0.39 is 0 Å². The van der Waals surface area contributed by atoms with Crippen LogP contribution in [0.15, 0.2) is 55.1 Å². The lowest BCUT2D eigenvalue weighted by atomic mass is 10.1. The molecule has 6 rings (SSSR count). The minimum absolute atomic E-state index is 0.127. The molecule has 1 N–H and O–H groups in total. The molecule has 1 fully saturated rings. The van der Waals surface area contributed by atoms with E-state index in [-0.39, 0.29) is 12.1 Å². The molecule has 3 aromatic heterocycles. The number of amides is 2. The number of aromatic nitrogens is 3. The number of hydrogen-bond acceptors (Lipinski definition) is 5. The Hall–Kier alpha value is -3.48. The molecular formula is C22H22N6O. The molecule has 7 nitrogen and oxygen atoms in total. The number of pyridine rings is 3. The normalized spacial score (nSPS) is 15.8. The largest absolute Gasteiger partial charge is 0.368 e. The van der Waals surface area contributed by atoms with E-state index in [1.165, 1.54) is 0 Å². The molecule has 1 saturated heterocycles. The number of carbonyl (C=O) groups excluding carboxylic acids is 1. The third kappa shape index (κ3) is 3.29. The smallest absolute Gasteiger partial charge is 0.327 e. The zero-order chi connectivity index (χ0) is 19.8. The van der Waals surface area contributed by atoms with Crippen LogP contribution in [0.2, 0.25) is 0 Å². The maximum Gasteiger partial charge on any atom is 0.327 e. The van der Waals surface area contributed by atoms with Gasteiger partial charge in [0.1, 0.15) is 0 Å². The van der Waals surface area contributed by atoms with Crippen LogP contribution in [0.3, 0.4) is 0 Å². The Morgan fingerprint density at radius 3 is 2.72 bits per heavy atom. The topological polar surface area (TPSA) is 74.2 Å². The van der Waals surface area contributed by atoms with Crippen LogP contribution in [0.4, 0.5) is 22.0 Å². The molecule has 0 spiro atoms. The van der Waals surface area contributed by atoms with Crippen LogP contribution < -0.4 is 15.1 Å². The molecule has 2 bridgehead atoms. The van der Waals surface area contributed by atoms with Gasteiger partial charge in [0.2, 0.25) is 0 Å². The summed E-state index contributed by atoms with van der Waals surface area (Å²) in [5, 5.41) is 2.99. The predicted octanol–water partition coefficient (Wildman–Crippen LogP) is 3.87. The first-order valence-electron chi connectivity index (χ1n) is 9.87. The van der Waals surface area contributed by atoms with E-state index in [9.17, 15) is 4.79 Å². The second-order valence-electron chi connectivity index (χ2n) is 7.55. The first kappa shape index (κ1) is 17.6. The quantitative estimate of drug-likeness (QED) is 0.724. The van der Waals surface area contributed by atoms with Crippen molar-refractivity contribution in [2.45, 2.75) is 25.8 Å². The zero-order valence-corrected chi connectivity index (χ0v) is 16.2. The highest BCUT2D eigenvalue weighted by molar-refractivity contribution is 6.04. The second kappa shape index (κ2) is 7.16. The standard InChI is InChI=1S/C22H22N6O/c1-15-11-16(13-24-12-15)19-4-5-20-21(26-19)28(18-6-9-27(20)10-7-18)22(29)25-17-3-2-8-23-14-17/h2-5,8,11-14,18H,6-7,9-10H2,1H3,(H,25,29). The van der Waals surface area contributed by atoms with Crippen molar-refractivity contribution in [3.63, 3.8) is 0 Å². The van der Waals surface area contributed by atoms with Crippen LogP contribution >= 0.6 is 0 Å². The molecule has 146 valence electrons. The molecule has 29 heavy (non-hydrogen) atoms. The van der Waals surface area contributed by atoms with Crippen molar-refractivity contribution >= 4 is 23.2 Å². The number of anilines is 3.